The van der Waals surface area contributed by atoms with E-state index in [-0.39, 0.29) is 5.78 Å². The Morgan fingerprint density at radius 3 is 2.68 bits per heavy atom. The second kappa shape index (κ2) is 5.57. The minimum Gasteiger partial charge on any atom is -0.497 e. The van der Waals surface area contributed by atoms with Crippen molar-refractivity contribution in [2.45, 2.75) is 13.3 Å². The standard InChI is InChI=1S/C16H17NO2/c1-11-4-3-5-12(8-11)9-16(18)14-10-13(19-2)6-7-15(14)17/h3-8,10H,9,17H2,1-2H3. The molecule has 0 bridgehead atoms. The molecule has 2 rings (SSSR count). The molecule has 98 valence electrons. The third-order valence-electron chi connectivity index (χ3n) is 3.01. The number of rotatable bonds is 4. The molecule has 0 aliphatic carbocycles. The molecule has 0 saturated heterocycles. The molecule has 0 amide bonds. The Bertz CT molecular complexity index is 605. The van der Waals surface area contributed by atoms with Crippen molar-refractivity contribution in [1.29, 1.82) is 0 Å². The molecule has 3 nitrogen and oxygen atoms in total. The summed E-state index contributed by atoms with van der Waals surface area (Å²) in [5.41, 5.74) is 8.99. The molecular weight excluding hydrogens is 238 g/mol. The summed E-state index contributed by atoms with van der Waals surface area (Å²) in [7, 11) is 1.57. The Balaban J connectivity index is 2.25. The van der Waals surface area contributed by atoms with Crippen molar-refractivity contribution in [1.82, 2.24) is 0 Å². The van der Waals surface area contributed by atoms with Gasteiger partial charge in [0, 0.05) is 17.7 Å². The van der Waals surface area contributed by atoms with Gasteiger partial charge in [0.15, 0.2) is 5.78 Å². The van der Waals surface area contributed by atoms with Crippen molar-refractivity contribution in [2.24, 2.45) is 0 Å². The van der Waals surface area contributed by atoms with Crippen LogP contribution in [0, 0.1) is 6.92 Å². The molecule has 0 aliphatic rings. The van der Waals surface area contributed by atoms with Gasteiger partial charge < -0.3 is 10.5 Å². The van der Waals surface area contributed by atoms with Gasteiger partial charge in [0.2, 0.25) is 0 Å². The second-order valence-corrected chi connectivity index (χ2v) is 4.54. The first-order chi connectivity index (χ1) is 9.10. The maximum Gasteiger partial charge on any atom is 0.169 e. The minimum atomic E-state index is 0.00185. The van der Waals surface area contributed by atoms with Crippen molar-refractivity contribution < 1.29 is 9.53 Å². The van der Waals surface area contributed by atoms with E-state index in [0.717, 1.165) is 11.1 Å². The van der Waals surface area contributed by atoms with Crippen molar-refractivity contribution in [3.8, 4) is 5.75 Å². The smallest absolute Gasteiger partial charge is 0.169 e. The van der Waals surface area contributed by atoms with Gasteiger partial charge in [-0.15, -0.1) is 0 Å². The van der Waals surface area contributed by atoms with Crippen molar-refractivity contribution in [2.75, 3.05) is 12.8 Å². The van der Waals surface area contributed by atoms with Crippen LogP contribution in [0.4, 0.5) is 5.69 Å². The Hall–Kier alpha value is -2.29. The van der Waals surface area contributed by atoms with Crippen molar-refractivity contribution in [3.63, 3.8) is 0 Å². The molecule has 2 N–H and O–H groups in total. The van der Waals surface area contributed by atoms with E-state index < -0.39 is 0 Å². The molecule has 2 aromatic carbocycles. The van der Waals surface area contributed by atoms with Crippen LogP contribution in [0.2, 0.25) is 0 Å². The number of anilines is 1. The number of hydrogen-bond acceptors (Lipinski definition) is 3. The molecule has 0 unspecified atom stereocenters. The fourth-order valence-electron chi connectivity index (χ4n) is 2.01. The molecule has 0 aromatic heterocycles. The highest BCUT2D eigenvalue weighted by Crippen LogP contribution is 2.21. The summed E-state index contributed by atoms with van der Waals surface area (Å²) in [6.45, 7) is 2.01. The van der Waals surface area contributed by atoms with Crippen LogP contribution in [0.1, 0.15) is 21.5 Å². The molecule has 19 heavy (non-hydrogen) atoms. The summed E-state index contributed by atoms with van der Waals surface area (Å²) in [5, 5.41) is 0. The van der Waals surface area contributed by atoms with Gasteiger partial charge in [-0.2, -0.15) is 0 Å². The number of methoxy groups -OCH3 is 1. The van der Waals surface area contributed by atoms with E-state index in [1.165, 1.54) is 0 Å². The SMILES string of the molecule is COc1ccc(N)c(C(=O)Cc2cccc(C)c2)c1. The highest BCUT2D eigenvalue weighted by Gasteiger charge is 2.12. The van der Waals surface area contributed by atoms with Crippen LogP contribution in [0.5, 0.6) is 5.75 Å². The zero-order valence-electron chi connectivity index (χ0n) is 11.1. The number of hydrogen-bond donors (Lipinski definition) is 1. The zero-order valence-corrected chi connectivity index (χ0v) is 11.1. The Morgan fingerprint density at radius 1 is 1.21 bits per heavy atom. The maximum atomic E-state index is 12.3. The third kappa shape index (κ3) is 3.13. The highest BCUT2D eigenvalue weighted by molar-refractivity contribution is 6.02. The quantitative estimate of drug-likeness (QED) is 0.675. The number of carbonyl (C=O) groups is 1. The highest BCUT2D eigenvalue weighted by atomic mass is 16.5. The largest absolute Gasteiger partial charge is 0.497 e. The lowest BCUT2D eigenvalue weighted by atomic mass is 10.0. The zero-order chi connectivity index (χ0) is 13.8. The van der Waals surface area contributed by atoms with Crippen molar-refractivity contribution >= 4 is 11.5 Å². The number of ketones is 1. The molecule has 3 heteroatoms. The Labute approximate surface area is 113 Å². The molecular formula is C16H17NO2. The predicted octanol–water partition coefficient (Wildman–Crippen LogP) is 3.01. The molecule has 0 spiro atoms. The summed E-state index contributed by atoms with van der Waals surface area (Å²) in [4.78, 5) is 12.3. The van der Waals surface area contributed by atoms with Gasteiger partial charge in [0.05, 0.1) is 7.11 Å². The average Bonchev–Trinajstić information content (AvgIpc) is 2.39. The lowest BCUT2D eigenvalue weighted by Crippen LogP contribution is -2.07. The van der Waals surface area contributed by atoms with E-state index in [0.29, 0.717) is 23.4 Å². The number of nitrogen functional groups attached to an aromatic ring is 1. The number of Topliss-reactive ketones (excluding diaryl/α,β-unsaturated/α-hetero) is 1. The lowest BCUT2D eigenvalue weighted by Gasteiger charge is -2.08. The van der Waals surface area contributed by atoms with Gasteiger partial charge in [0.25, 0.3) is 0 Å². The van der Waals surface area contributed by atoms with Crippen LogP contribution in [0.15, 0.2) is 42.5 Å². The summed E-state index contributed by atoms with van der Waals surface area (Å²) in [5.74, 6) is 0.642. The molecule has 0 atom stereocenters. The number of carbonyl (C=O) groups excluding carboxylic acids is 1. The fourth-order valence-corrected chi connectivity index (χ4v) is 2.01. The van der Waals surface area contributed by atoms with Crippen LogP contribution >= 0.6 is 0 Å². The molecule has 0 aliphatic heterocycles. The normalized spacial score (nSPS) is 10.2. The van der Waals surface area contributed by atoms with Crippen LogP contribution < -0.4 is 10.5 Å². The first-order valence-electron chi connectivity index (χ1n) is 6.12. The van der Waals surface area contributed by atoms with Gasteiger partial charge in [-0.25, -0.2) is 0 Å². The van der Waals surface area contributed by atoms with Crippen LogP contribution in [0.25, 0.3) is 0 Å². The van der Waals surface area contributed by atoms with Gasteiger partial charge >= 0.3 is 0 Å². The Kier molecular flexibility index (Phi) is 3.85. The van der Waals surface area contributed by atoms with Crippen LogP contribution in [0.3, 0.4) is 0 Å². The maximum absolute atomic E-state index is 12.3. The fraction of sp³-hybridized carbons (Fsp3) is 0.188. The second-order valence-electron chi connectivity index (χ2n) is 4.54. The molecule has 0 heterocycles. The number of nitrogens with two attached hydrogens (primary N) is 1. The van der Waals surface area contributed by atoms with E-state index in [4.69, 9.17) is 10.5 Å². The van der Waals surface area contributed by atoms with Gasteiger partial charge in [-0.3, -0.25) is 4.79 Å². The van der Waals surface area contributed by atoms with Gasteiger partial charge in [-0.1, -0.05) is 29.8 Å². The minimum absolute atomic E-state index is 0.00185. The lowest BCUT2D eigenvalue weighted by molar-refractivity contribution is 0.0993. The first-order valence-corrected chi connectivity index (χ1v) is 6.12. The monoisotopic (exact) mass is 255 g/mol. The topological polar surface area (TPSA) is 52.3 Å². The third-order valence-corrected chi connectivity index (χ3v) is 3.01. The average molecular weight is 255 g/mol. The van der Waals surface area contributed by atoms with Crippen LogP contribution in [-0.2, 0) is 6.42 Å². The molecule has 2 aromatic rings. The molecule has 0 saturated carbocycles. The Morgan fingerprint density at radius 2 is 2.00 bits per heavy atom. The van der Waals surface area contributed by atoms with Gasteiger partial charge in [0.1, 0.15) is 5.75 Å². The summed E-state index contributed by atoms with van der Waals surface area (Å²) in [6, 6.07) is 13.0. The van der Waals surface area contributed by atoms with E-state index in [1.54, 1.807) is 25.3 Å². The number of benzene rings is 2. The van der Waals surface area contributed by atoms with E-state index in [1.807, 2.05) is 31.2 Å². The molecule has 0 radical (unpaired) electrons. The van der Waals surface area contributed by atoms with E-state index >= 15 is 0 Å². The van der Waals surface area contributed by atoms with Crippen molar-refractivity contribution in [3.05, 3.63) is 59.2 Å². The summed E-state index contributed by atoms with van der Waals surface area (Å²) < 4.78 is 5.12. The van der Waals surface area contributed by atoms with E-state index in [2.05, 4.69) is 0 Å². The molecule has 0 fully saturated rings. The number of ether oxygens (including phenoxy) is 1. The summed E-state index contributed by atoms with van der Waals surface area (Å²) >= 11 is 0. The first kappa shape index (κ1) is 13.1. The van der Waals surface area contributed by atoms with Gasteiger partial charge in [-0.05, 0) is 30.7 Å². The number of aryl methyl sites for hydroxylation is 1. The predicted molar refractivity (Wildman–Crippen MR) is 76.6 cm³/mol. The van der Waals surface area contributed by atoms with Crippen LogP contribution in [-0.4, -0.2) is 12.9 Å². The summed E-state index contributed by atoms with van der Waals surface area (Å²) in [6.07, 6.45) is 0.346. The van der Waals surface area contributed by atoms with E-state index in [9.17, 15) is 4.79 Å².